The summed E-state index contributed by atoms with van der Waals surface area (Å²) in [5.74, 6) is 1.81. The molecule has 0 amide bonds. The van der Waals surface area contributed by atoms with Crippen molar-refractivity contribution in [2.75, 3.05) is 26.6 Å². The van der Waals surface area contributed by atoms with E-state index in [9.17, 15) is 4.39 Å². The summed E-state index contributed by atoms with van der Waals surface area (Å²) < 4.78 is 30.3. The standard InChI is InChI=1S/C21H19FN4O3/c1-27-15-8-7-12(11-17(15)29-3)24-21-19-14(9-10-23-21)25-20(26-19)13-5-4-6-16(28-2)18(13)22/h4-11H,1-3H3,(H,23,24)(H,25,26). The molecule has 0 atom stereocenters. The van der Waals surface area contributed by atoms with Crippen LogP contribution in [0, 0.1) is 5.82 Å². The second kappa shape index (κ2) is 7.67. The largest absolute Gasteiger partial charge is 0.494 e. The maximum absolute atomic E-state index is 14.6. The fraction of sp³-hybridized carbons (Fsp3) is 0.143. The van der Waals surface area contributed by atoms with Crippen LogP contribution in [0.15, 0.2) is 48.7 Å². The monoisotopic (exact) mass is 394 g/mol. The van der Waals surface area contributed by atoms with Crippen molar-refractivity contribution in [3.8, 4) is 28.6 Å². The van der Waals surface area contributed by atoms with Crippen molar-refractivity contribution < 1.29 is 18.6 Å². The van der Waals surface area contributed by atoms with Crippen molar-refractivity contribution >= 4 is 22.5 Å². The van der Waals surface area contributed by atoms with Gasteiger partial charge in [0.1, 0.15) is 11.3 Å². The Kier molecular flexibility index (Phi) is 4.90. The first kappa shape index (κ1) is 18.5. The van der Waals surface area contributed by atoms with E-state index in [0.717, 1.165) is 11.2 Å². The molecule has 4 aromatic rings. The zero-order valence-corrected chi connectivity index (χ0v) is 16.1. The highest BCUT2D eigenvalue weighted by Crippen LogP contribution is 2.33. The first-order valence-electron chi connectivity index (χ1n) is 8.81. The minimum absolute atomic E-state index is 0.157. The summed E-state index contributed by atoms with van der Waals surface area (Å²) >= 11 is 0. The van der Waals surface area contributed by atoms with Gasteiger partial charge in [-0.25, -0.2) is 14.4 Å². The molecule has 0 saturated carbocycles. The van der Waals surface area contributed by atoms with Gasteiger partial charge in [-0.05, 0) is 30.3 Å². The van der Waals surface area contributed by atoms with Crippen LogP contribution in [-0.2, 0) is 0 Å². The first-order valence-corrected chi connectivity index (χ1v) is 8.81. The number of fused-ring (bicyclic) bond motifs is 1. The van der Waals surface area contributed by atoms with Gasteiger partial charge in [0.25, 0.3) is 0 Å². The number of benzene rings is 2. The van der Waals surface area contributed by atoms with Gasteiger partial charge in [0, 0.05) is 18.0 Å². The summed E-state index contributed by atoms with van der Waals surface area (Å²) in [6.45, 7) is 0. The number of ether oxygens (including phenoxy) is 3. The summed E-state index contributed by atoms with van der Waals surface area (Å²) in [6, 6.07) is 12.1. The summed E-state index contributed by atoms with van der Waals surface area (Å²) in [5.41, 5.74) is 2.37. The topological polar surface area (TPSA) is 81.3 Å². The third kappa shape index (κ3) is 3.40. The molecule has 0 spiro atoms. The van der Waals surface area contributed by atoms with E-state index in [4.69, 9.17) is 14.2 Å². The number of aromatic amines is 1. The molecule has 0 aliphatic heterocycles. The normalized spacial score (nSPS) is 10.8. The van der Waals surface area contributed by atoms with E-state index in [1.807, 2.05) is 6.07 Å². The molecule has 29 heavy (non-hydrogen) atoms. The number of hydrogen-bond donors (Lipinski definition) is 2. The average molecular weight is 394 g/mol. The molecule has 0 aliphatic rings. The lowest BCUT2D eigenvalue weighted by Gasteiger charge is -2.11. The number of halogens is 1. The highest BCUT2D eigenvalue weighted by atomic mass is 19.1. The SMILES string of the molecule is COc1ccc(Nc2nccc3[nH]c(-c4cccc(OC)c4F)nc23)cc1OC. The van der Waals surface area contributed by atoms with Crippen molar-refractivity contribution in [1.29, 1.82) is 0 Å². The Bertz CT molecular complexity index is 1180. The number of methoxy groups -OCH3 is 3. The Hall–Kier alpha value is -3.81. The van der Waals surface area contributed by atoms with Crippen LogP contribution >= 0.6 is 0 Å². The van der Waals surface area contributed by atoms with Crippen LogP contribution in [0.25, 0.3) is 22.4 Å². The van der Waals surface area contributed by atoms with Gasteiger partial charge < -0.3 is 24.5 Å². The molecule has 2 aromatic heterocycles. The lowest BCUT2D eigenvalue weighted by Crippen LogP contribution is -1.96. The van der Waals surface area contributed by atoms with E-state index in [1.54, 1.807) is 56.8 Å². The Balaban J connectivity index is 1.74. The highest BCUT2D eigenvalue weighted by molar-refractivity contribution is 5.90. The van der Waals surface area contributed by atoms with Crippen molar-refractivity contribution in [1.82, 2.24) is 15.0 Å². The predicted molar refractivity (Wildman–Crippen MR) is 109 cm³/mol. The maximum Gasteiger partial charge on any atom is 0.175 e. The molecular weight excluding hydrogens is 375 g/mol. The zero-order valence-electron chi connectivity index (χ0n) is 16.1. The van der Waals surface area contributed by atoms with E-state index in [2.05, 4.69) is 20.3 Å². The molecule has 4 rings (SSSR count). The lowest BCUT2D eigenvalue weighted by atomic mass is 10.2. The van der Waals surface area contributed by atoms with Gasteiger partial charge in [0.15, 0.2) is 28.9 Å². The van der Waals surface area contributed by atoms with Crippen LogP contribution in [-0.4, -0.2) is 36.3 Å². The zero-order chi connectivity index (χ0) is 20.4. The van der Waals surface area contributed by atoms with Crippen LogP contribution in [0.3, 0.4) is 0 Å². The number of imidazole rings is 1. The third-order valence-electron chi connectivity index (χ3n) is 4.49. The summed E-state index contributed by atoms with van der Waals surface area (Å²) in [6.07, 6.45) is 1.65. The number of nitrogens with one attached hydrogen (secondary N) is 2. The van der Waals surface area contributed by atoms with E-state index in [0.29, 0.717) is 34.2 Å². The van der Waals surface area contributed by atoms with Gasteiger partial charge in [-0.15, -0.1) is 0 Å². The van der Waals surface area contributed by atoms with Crippen LogP contribution in [0.4, 0.5) is 15.9 Å². The Labute approximate surface area is 166 Å². The van der Waals surface area contributed by atoms with Gasteiger partial charge in [0.05, 0.1) is 32.4 Å². The lowest BCUT2D eigenvalue weighted by molar-refractivity contribution is 0.355. The van der Waals surface area contributed by atoms with Gasteiger partial charge in [-0.1, -0.05) is 6.07 Å². The van der Waals surface area contributed by atoms with Crippen molar-refractivity contribution in [2.45, 2.75) is 0 Å². The number of pyridine rings is 1. The highest BCUT2D eigenvalue weighted by Gasteiger charge is 2.16. The maximum atomic E-state index is 14.6. The molecule has 0 radical (unpaired) electrons. The molecule has 148 valence electrons. The van der Waals surface area contributed by atoms with Crippen LogP contribution in [0.2, 0.25) is 0 Å². The number of hydrogen-bond acceptors (Lipinski definition) is 6. The van der Waals surface area contributed by atoms with Crippen molar-refractivity contribution in [3.05, 3.63) is 54.5 Å². The molecule has 2 aromatic carbocycles. The average Bonchev–Trinajstić information content (AvgIpc) is 3.19. The van der Waals surface area contributed by atoms with Gasteiger partial charge in [-0.2, -0.15) is 0 Å². The van der Waals surface area contributed by atoms with Gasteiger partial charge in [-0.3, -0.25) is 0 Å². The second-order valence-electron chi connectivity index (χ2n) is 6.16. The number of aromatic nitrogens is 3. The molecule has 7 nitrogen and oxygen atoms in total. The van der Waals surface area contributed by atoms with E-state index in [1.165, 1.54) is 7.11 Å². The fourth-order valence-corrected chi connectivity index (χ4v) is 3.06. The molecule has 0 unspecified atom stereocenters. The Morgan fingerprint density at radius 2 is 1.72 bits per heavy atom. The molecule has 8 heteroatoms. The van der Waals surface area contributed by atoms with Gasteiger partial charge in [0.2, 0.25) is 0 Å². The third-order valence-corrected chi connectivity index (χ3v) is 4.49. The predicted octanol–water partition coefficient (Wildman–Crippen LogP) is 4.53. The quantitative estimate of drug-likeness (QED) is 0.500. The fourth-order valence-electron chi connectivity index (χ4n) is 3.06. The van der Waals surface area contributed by atoms with E-state index in [-0.39, 0.29) is 5.75 Å². The first-order chi connectivity index (χ1) is 14.1. The molecule has 0 bridgehead atoms. The van der Waals surface area contributed by atoms with Crippen LogP contribution in [0.5, 0.6) is 17.2 Å². The van der Waals surface area contributed by atoms with E-state index >= 15 is 0 Å². The number of H-pyrrole nitrogens is 1. The molecule has 2 N–H and O–H groups in total. The van der Waals surface area contributed by atoms with E-state index < -0.39 is 5.82 Å². The second-order valence-corrected chi connectivity index (χ2v) is 6.16. The Morgan fingerprint density at radius 1 is 0.931 bits per heavy atom. The number of anilines is 2. The summed E-state index contributed by atoms with van der Waals surface area (Å²) in [5, 5.41) is 3.23. The molecular formula is C21H19FN4O3. The van der Waals surface area contributed by atoms with Gasteiger partial charge >= 0.3 is 0 Å². The molecule has 2 heterocycles. The number of nitrogens with zero attached hydrogens (tertiary/aromatic N) is 2. The number of rotatable bonds is 6. The molecule has 0 saturated heterocycles. The van der Waals surface area contributed by atoms with Crippen molar-refractivity contribution in [2.24, 2.45) is 0 Å². The van der Waals surface area contributed by atoms with Crippen molar-refractivity contribution in [3.63, 3.8) is 0 Å². The Morgan fingerprint density at radius 3 is 2.48 bits per heavy atom. The smallest absolute Gasteiger partial charge is 0.175 e. The summed E-state index contributed by atoms with van der Waals surface area (Å²) in [7, 11) is 4.58. The molecule has 0 fully saturated rings. The van der Waals surface area contributed by atoms with Crippen LogP contribution < -0.4 is 19.5 Å². The minimum atomic E-state index is -0.476. The summed E-state index contributed by atoms with van der Waals surface area (Å²) in [4.78, 5) is 12.1. The van der Waals surface area contributed by atoms with Crippen LogP contribution in [0.1, 0.15) is 0 Å². The minimum Gasteiger partial charge on any atom is -0.494 e. The molecule has 0 aliphatic carbocycles.